The maximum absolute atomic E-state index is 12.5. The molecule has 136 valence electrons. The molecular formula is C18H19N3O3S2. The van der Waals surface area contributed by atoms with E-state index in [2.05, 4.69) is 15.0 Å². The van der Waals surface area contributed by atoms with Crippen molar-refractivity contribution in [2.24, 2.45) is 0 Å². The fraction of sp³-hybridized carbons (Fsp3) is 0.222. The Kier molecular flexibility index (Phi) is 5.08. The Morgan fingerprint density at radius 2 is 1.92 bits per heavy atom. The molecule has 0 aliphatic rings. The summed E-state index contributed by atoms with van der Waals surface area (Å²) in [7, 11) is -3.78. The van der Waals surface area contributed by atoms with Crippen molar-refractivity contribution in [3.8, 4) is 0 Å². The summed E-state index contributed by atoms with van der Waals surface area (Å²) in [6.07, 6.45) is 0. The average molecular weight is 390 g/mol. The summed E-state index contributed by atoms with van der Waals surface area (Å²) in [4.78, 5) is 16.6. The van der Waals surface area contributed by atoms with E-state index in [0.29, 0.717) is 5.69 Å². The predicted molar refractivity (Wildman–Crippen MR) is 104 cm³/mol. The zero-order valence-electron chi connectivity index (χ0n) is 14.7. The monoisotopic (exact) mass is 389 g/mol. The molecule has 0 spiro atoms. The van der Waals surface area contributed by atoms with Gasteiger partial charge in [-0.2, -0.15) is 0 Å². The van der Waals surface area contributed by atoms with Crippen molar-refractivity contribution in [2.45, 2.75) is 25.7 Å². The fourth-order valence-corrected chi connectivity index (χ4v) is 4.46. The maximum Gasteiger partial charge on any atom is 0.241 e. The summed E-state index contributed by atoms with van der Waals surface area (Å²) in [5.74, 6) is -0.419. The molecule has 26 heavy (non-hydrogen) atoms. The van der Waals surface area contributed by atoms with Crippen molar-refractivity contribution >= 4 is 43.2 Å². The zero-order valence-corrected chi connectivity index (χ0v) is 16.3. The van der Waals surface area contributed by atoms with Crippen molar-refractivity contribution in [3.05, 3.63) is 52.5 Å². The van der Waals surface area contributed by atoms with E-state index in [9.17, 15) is 13.2 Å². The highest BCUT2D eigenvalue weighted by Gasteiger charge is 2.17. The van der Waals surface area contributed by atoms with Crippen LogP contribution in [0, 0.1) is 20.8 Å². The number of hydrogen-bond acceptors (Lipinski definition) is 5. The van der Waals surface area contributed by atoms with Crippen LogP contribution in [0.1, 0.15) is 16.1 Å². The van der Waals surface area contributed by atoms with Crippen LogP contribution in [0.25, 0.3) is 10.2 Å². The Morgan fingerprint density at radius 1 is 1.15 bits per heavy atom. The standard InChI is InChI=1S/C18H19N3O3S2/c1-11-5-4-6-15(12(11)2)21-18(22)10-19-26(23,24)14-7-8-16-17(9-14)25-13(3)20-16/h4-9,19H,10H2,1-3H3,(H,21,22). The topological polar surface area (TPSA) is 88.2 Å². The summed E-state index contributed by atoms with van der Waals surface area (Å²) in [6, 6.07) is 10.3. The number of nitrogens with one attached hydrogen (secondary N) is 2. The molecule has 2 N–H and O–H groups in total. The lowest BCUT2D eigenvalue weighted by molar-refractivity contribution is -0.115. The Morgan fingerprint density at radius 3 is 2.69 bits per heavy atom. The lowest BCUT2D eigenvalue weighted by Crippen LogP contribution is -2.33. The van der Waals surface area contributed by atoms with Crippen LogP contribution in [0.3, 0.4) is 0 Å². The van der Waals surface area contributed by atoms with E-state index in [0.717, 1.165) is 26.4 Å². The number of thiazole rings is 1. The minimum Gasteiger partial charge on any atom is -0.325 e. The van der Waals surface area contributed by atoms with Crippen molar-refractivity contribution < 1.29 is 13.2 Å². The van der Waals surface area contributed by atoms with Gasteiger partial charge in [-0.3, -0.25) is 4.79 Å². The molecule has 0 saturated carbocycles. The number of anilines is 1. The van der Waals surface area contributed by atoms with Gasteiger partial charge in [0.05, 0.1) is 26.7 Å². The van der Waals surface area contributed by atoms with Crippen molar-refractivity contribution in [3.63, 3.8) is 0 Å². The molecule has 0 aliphatic carbocycles. The van der Waals surface area contributed by atoms with Gasteiger partial charge in [0.2, 0.25) is 15.9 Å². The molecule has 0 radical (unpaired) electrons. The van der Waals surface area contributed by atoms with E-state index in [1.807, 2.05) is 32.9 Å². The van der Waals surface area contributed by atoms with Crippen molar-refractivity contribution in [1.82, 2.24) is 9.71 Å². The highest BCUT2D eigenvalue weighted by Crippen LogP contribution is 2.24. The summed E-state index contributed by atoms with van der Waals surface area (Å²) < 4.78 is 28.0. The molecule has 0 unspecified atom stereocenters. The van der Waals surface area contributed by atoms with Gasteiger partial charge in [-0.05, 0) is 56.2 Å². The number of fused-ring (bicyclic) bond motifs is 1. The Labute approximate surface area is 156 Å². The van der Waals surface area contributed by atoms with Gasteiger partial charge in [-0.15, -0.1) is 11.3 Å². The van der Waals surface area contributed by atoms with Crippen LogP contribution in [0.5, 0.6) is 0 Å². The molecular weight excluding hydrogens is 370 g/mol. The minimum atomic E-state index is -3.78. The predicted octanol–water partition coefficient (Wildman–Crippen LogP) is 3.14. The molecule has 0 aliphatic heterocycles. The Hall–Kier alpha value is -2.29. The third-order valence-electron chi connectivity index (χ3n) is 4.08. The molecule has 3 aromatic rings. The Bertz CT molecular complexity index is 1090. The van der Waals surface area contributed by atoms with Crippen LogP contribution in [0.4, 0.5) is 5.69 Å². The number of hydrogen-bond donors (Lipinski definition) is 2. The first-order chi connectivity index (χ1) is 12.3. The third kappa shape index (κ3) is 3.92. The third-order valence-corrected chi connectivity index (χ3v) is 6.41. The quantitative estimate of drug-likeness (QED) is 0.702. The van der Waals surface area contributed by atoms with Crippen LogP contribution >= 0.6 is 11.3 Å². The molecule has 2 aromatic carbocycles. The second-order valence-electron chi connectivity index (χ2n) is 5.98. The fourth-order valence-electron chi connectivity index (χ4n) is 2.51. The van der Waals surface area contributed by atoms with Gasteiger partial charge in [0, 0.05) is 5.69 Å². The number of amides is 1. The number of carbonyl (C=O) groups is 1. The smallest absolute Gasteiger partial charge is 0.241 e. The summed E-state index contributed by atoms with van der Waals surface area (Å²) in [5.41, 5.74) is 3.45. The number of nitrogens with zero attached hydrogens (tertiary/aromatic N) is 1. The lowest BCUT2D eigenvalue weighted by Gasteiger charge is -2.11. The van der Waals surface area contributed by atoms with Gasteiger partial charge in [0.25, 0.3) is 0 Å². The molecule has 0 atom stereocenters. The average Bonchev–Trinajstić information content (AvgIpc) is 2.96. The van der Waals surface area contributed by atoms with E-state index in [1.165, 1.54) is 17.4 Å². The van der Waals surface area contributed by atoms with Crippen molar-refractivity contribution in [2.75, 3.05) is 11.9 Å². The number of aryl methyl sites for hydroxylation is 2. The van der Waals surface area contributed by atoms with Crippen LogP contribution < -0.4 is 10.0 Å². The first-order valence-corrected chi connectivity index (χ1v) is 10.3. The summed E-state index contributed by atoms with van der Waals surface area (Å²) in [6.45, 7) is 5.39. The van der Waals surface area contributed by atoms with E-state index in [-0.39, 0.29) is 11.4 Å². The van der Waals surface area contributed by atoms with E-state index < -0.39 is 15.9 Å². The SMILES string of the molecule is Cc1nc2ccc(S(=O)(=O)NCC(=O)Nc3cccc(C)c3C)cc2s1. The van der Waals surface area contributed by atoms with Crippen LogP contribution in [0.2, 0.25) is 0 Å². The maximum atomic E-state index is 12.5. The highest BCUT2D eigenvalue weighted by molar-refractivity contribution is 7.89. The zero-order chi connectivity index (χ0) is 18.9. The molecule has 1 aromatic heterocycles. The molecule has 0 fully saturated rings. The molecule has 1 amide bonds. The van der Waals surface area contributed by atoms with Gasteiger partial charge in [-0.1, -0.05) is 12.1 Å². The summed E-state index contributed by atoms with van der Waals surface area (Å²) >= 11 is 1.43. The second-order valence-corrected chi connectivity index (χ2v) is 8.98. The molecule has 6 nitrogen and oxygen atoms in total. The highest BCUT2D eigenvalue weighted by atomic mass is 32.2. The summed E-state index contributed by atoms with van der Waals surface area (Å²) in [5, 5.41) is 3.60. The minimum absolute atomic E-state index is 0.119. The van der Waals surface area contributed by atoms with Gasteiger partial charge in [-0.25, -0.2) is 18.1 Å². The van der Waals surface area contributed by atoms with Crippen molar-refractivity contribution in [1.29, 1.82) is 0 Å². The van der Waals surface area contributed by atoms with Crippen LogP contribution in [0.15, 0.2) is 41.3 Å². The number of sulfonamides is 1. The number of rotatable bonds is 5. The Balaban J connectivity index is 1.70. The van der Waals surface area contributed by atoms with Gasteiger partial charge < -0.3 is 5.32 Å². The van der Waals surface area contributed by atoms with E-state index in [4.69, 9.17) is 0 Å². The second kappa shape index (κ2) is 7.14. The van der Waals surface area contributed by atoms with Gasteiger partial charge in [0.15, 0.2) is 0 Å². The normalized spacial score (nSPS) is 11.7. The van der Waals surface area contributed by atoms with Gasteiger partial charge in [0.1, 0.15) is 0 Å². The largest absolute Gasteiger partial charge is 0.325 e. The van der Waals surface area contributed by atoms with Gasteiger partial charge >= 0.3 is 0 Å². The van der Waals surface area contributed by atoms with Crippen LogP contribution in [-0.4, -0.2) is 25.9 Å². The lowest BCUT2D eigenvalue weighted by atomic mass is 10.1. The number of carbonyl (C=O) groups excluding carboxylic acids is 1. The van der Waals surface area contributed by atoms with E-state index >= 15 is 0 Å². The number of benzene rings is 2. The van der Waals surface area contributed by atoms with Crippen LogP contribution in [-0.2, 0) is 14.8 Å². The molecule has 1 heterocycles. The first kappa shape index (κ1) is 18.5. The molecule has 0 bridgehead atoms. The van der Waals surface area contributed by atoms with E-state index in [1.54, 1.807) is 18.2 Å². The number of aromatic nitrogens is 1. The molecule has 3 rings (SSSR count). The molecule has 8 heteroatoms. The molecule has 0 saturated heterocycles. The first-order valence-electron chi connectivity index (χ1n) is 7.99.